The average Bonchev–Trinajstić information content (AvgIpc) is 2.56. The number of carbonyl (C=O) groups is 1. The number of amides is 1. The van der Waals surface area contributed by atoms with Gasteiger partial charge in [0.2, 0.25) is 6.54 Å². The molecule has 2 aromatic carbocycles. The molecule has 3 rings (SSSR count). The van der Waals surface area contributed by atoms with Gasteiger partial charge >= 0.3 is 0 Å². The minimum Gasteiger partial charge on any atom is -0.320 e. The lowest BCUT2D eigenvalue weighted by molar-refractivity contribution is -0.682. The van der Waals surface area contributed by atoms with Gasteiger partial charge in [-0.2, -0.15) is 4.57 Å². The summed E-state index contributed by atoms with van der Waals surface area (Å²) in [5.41, 5.74) is 3.21. The molecular weight excluding hydrogens is 284 g/mol. The summed E-state index contributed by atoms with van der Waals surface area (Å²) in [6.45, 7) is 4.43. The molecule has 0 aliphatic heterocycles. The molecule has 23 heavy (non-hydrogen) atoms. The Labute approximate surface area is 136 Å². The monoisotopic (exact) mass is 305 g/mol. The smallest absolute Gasteiger partial charge is 0.290 e. The normalized spacial score (nSPS) is 10.7. The van der Waals surface area contributed by atoms with Gasteiger partial charge in [0.05, 0.1) is 0 Å². The van der Waals surface area contributed by atoms with Crippen molar-refractivity contribution in [3.63, 3.8) is 0 Å². The van der Waals surface area contributed by atoms with Crippen LogP contribution in [0.15, 0.2) is 60.9 Å². The number of rotatable bonds is 4. The molecule has 0 radical (unpaired) electrons. The first kappa shape index (κ1) is 15.2. The number of hydrogen-bond acceptors (Lipinski definition) is 1. The second kappa shape index (κ2) is 6.61. The van der Waals surface area contributed by atoms with E-state index in [2.05, 4.69) is 30.4 Å². The molecule has 3 aromatic rings. The van der Waals surface area contributed by atoms with Crippen LogP contribution in [0.2, 0.25) is 0 Å². The number of aryl methyl sites for hydroxylation is 2. The van der Waals surface area contributed by atoms with E-state index in [1.54, 1.807) is 0 Å². The quantitative estimate of drug-likeness (QED) is 0.734. The molecule has 0 aliphatic carbocycles. The maximum absolute atomic E-state index is 12.4. The van der Waals surface area contributed by atoms with Crippen LogP contribution in [0.5, 0.6) is 0 Å². The zero-order chi connectivity index (χ0) is 16.2. The molecule has 0 saturated heterocycles. The third kappa shape index (κ3) is 3.39. The predicted molar refractivity (Wildman–Crippen MR) is 93.3 cm³/mol. The molecule has 116 valence electrons. The van der Waals surface area contributed by atoms with Crippen LogP contribution in [-0.2, 0) is 17.8 Å². The van der Waals surface area contributed by atoms with Crippen molar-refractivity contribution in [3.8, 4) is 0 Å². The SMILES string of the molecule is CCc1cccc(C)c1NC(=O)C[n+]1ccc2ccccc2c1. The minimum atomic E-state index is -0.00530. The number of anilines is 1. The Morgan fingerprint density at radius 2 is 1.83 bits per heavy atom. The Bertz CT molecular complexity index is 855. The number of benzene rings is 2. The summed E-state index contributed by atoms with van der Waals surface area (Å²) in [6.07, 6.45) is 4.86. The molecule has 1 heterocycles. The molecule has 3 heteroatoms. The van der Waals surface area contributed by atoms with Gasteiger partial charge in [-0.25, -0.2) is 0 Å². The van der Waals surface area contributed by atoms with Crippen molar-refractivity contribution in [1.82, 2.24) is 0 Å². The summed E-state index contributed by atoms with van der Waals surface area (Å²) < 4.78 is 1.92. The number of aromatic nitrogens is 1. The third-order valence-electron chi connectivity index (χ3n) is 4.08. The molecule has 0 bridgehead atoms. The average molecular weight is 305 g/mol. The van der Waals surface area contributed by atoms with Gasteiger partial charge in [0.1, 0.15) is 0 Å². The van der Waals surface area contributed by atoms with Crippen LogP contribution in [-0.4, -0.2) is 5.91 Å². The van der Waals surface area contributed by atoms with E-state index in [4.69, 9.17) is 0 Å². The minimum absolute atomic E-state index is 0.00530. The lowest BCUT2D eigenvalue weighted by Crippen LogP contribution is -2.39. The van der Waals surface area contributed by atoms with Crippen molar-refractivity contribution in [3.05, 3.63) is 72.1 Å². The summed E-state index contributed by atoms with van der Waals surface area (Å²) in [5.74, 6) is -0.00530. The van der Waals surface area contributed by atoms with E-state index in [1.165, 1.54) is 10.9 Å². The maximum Gasteiger partial charge on any atom is 0.290 e. The molecule has 0 unspecified atom stereocenters. The Balaban J connectivity index is 1.79. The van der Waals surface area contributed by atoms with Gasteiger partial charge in [0.15, 0.2) is 12.4 Å². The summed E-state index contributed by atoms with van der Waals surface area (Å²) >= 11 is 0. The molecule has 0 atom stereocenters. The summed E-state index contributed by atoms with van der Waals surface area (Å²) in [4.78, 5) is 12.4. The zero-order valence-electron chi connectivity index (χ0n) is 13.5. The van der Waals surface area contributed by atoms with Gasteiger partial charge in [-0.05, 0) is 35.9 Å². The number of nitrogens with zero attached hydrogens (tertiary/aromatic N) is 1. The van der Waals surface area contributed by atoms with E-state index in [-0.39, 0.29) is 5.91 Å². The highest BCUT2D eigenvalue weighted by atomic mass is 16.1. The fraction of sp³-hybridized carbons (Fsp3) is 0.200. The van der Waals surface area contributed by atoms with Crippen LogP contribution in [0.3, 0.4) is 0 Å². The van der Waals surface area contributed by atoms with Crippen molar-refractivity contribution in [1.29, 1.82) is 0 Å². The van der Waals surface area contributed by atoms with Gasteiger partial charge in [0.25, 0.3) is 5.91 Å². The standard InChI is InChI=1S/C20H20N2O/c1-3-16-10-6-7-15(2)20(16)21-19(23)14-22-12-11-17-8-4-5-9-18(17)13-22/h4-13H,3,14H2,1-2H3/p+1. The van der Waals surface area contributed by atoms with E-state index < -0.39 is 0 Å². The third-order valence-corrected chi connectivity index (χ3v) is 4.08. The highest BCUT2D eigenvalue weighted by Gasteiger charge is 2.13. The van der Waals surface area contributed by atoms with E-state index in [9.17, 15) is 4.79 Å². The van der Waals surface area contributed by atoms with E-state index in [0.29, 0.717) is 6.54 Å². The molecule has 1 N–H and O–H groups in total. The molecule has 0 spiro atoms. The number of hydrogen-bond donors (Lipinski definition) is 1. The van der Waals surface area contributed by atoms with Crippen molar-refractivity contribution in [2.75, 3.05) is 5.32 Å². The van der Waals surface area contributed by atoms with Crippen LogP contribution >= 0.6 is 0 Å². The van der Waals surface area contributed by atoms with E-state index in [1.807, 2.05) is 54.2 Å². The number of fused-ring (bicyclic) bond motifs is 1. The lowest BCUT2D eigenvalue weighted by atomic mass is 10.1. The number of carbonyl (C=O) groups excluding carboxylic acids is 1. The topological polar surface area (TPSA) is 33.0 Å². The van der Waals surface area contributed by atoms with Crippen LogP contribution in [0.1, 0.15) is 18.1 Å². The molecular formula is C20H21N2O+. The first-order chi connectivity index (χ1) is 11.2. The summed E-state index contributed by atoms with van der Waals surface area (Å²) in [6, 6.07) is 16.3. The lowest BCUT2D eigenvalue weighted by Gasteiger charge is -2.11. The second-order valence-electron chi connectivity index (χ2n) is 5.76. The van der Waals surface area contributed by atoms with Crippen molar-refractivity contribution < 1.29 is 9.36 Å². The van der Waals surface area contributed by atoms with Gasteiger partial charge in [-0.15, -0.1) is 0 Å². The van der Waals surface area contributed by atoms with E-state index >= 15 is 0 Å². The number of nitrogens with one attached hydrogen (secondary N) is 1. The number of para-hydroxylation sites is 1. The fourth-order valence-electron chi connectivity index (χ4n) is 2.82. The van der Waals surface area contributed by atoms with Gasteiger partial charge < -0.3 is 5.32 Å². The molecule has 1 amide bonds. The molecule has 3 nitrogen and oxygen atoms in total. The molecule has 0 aliphatic rings. The first-order valence-corrected chi connectivity index (χ1v) is 7.93. The first-order valence-electron chi connectivity index (χ1n) is 7.93. The molecule has 1 aromatic heterocycles. The zero-order valence-corrected chi connectivity index (χ0v) is 13.5. The Hall–Kier alpha value is -2.68. The van der Waals surface area contributed by atoms with Gasteiger partial charge in [-0.3, -0.25) is 4.79 Å². The summed E-state index contributed by atoms with van der Waals surface area (Å²) in [7, 11) is 0. The Kier molecular flexibility index (Phi) is 4.38. The second-order valence-corrected chi connectivity index (χ2v) is 5.76. The van der Waals surface area contributed by atoms with Crippen LogP contribution in [0, 0.1) is 6.92 Å². The van der Waals surface area contributed by atoms with E-state index in [0.717, 1.165) is 23.1 Å². The van der Waals surface area contributed by atoms with Crippen LogP contribution < -0.4 is 9.88 Å². The Morgan fingerprint density at radius 3 is 2.61 bits per heavy atom. The highest BCUT2D eigenvalue weighted by Crippen LogP contribution is 2.20. The predicted octanol–water partition coefficient (Wildman–Crippen LogP) is 3.64. The van der Waals surface area contributed by atoms with Crippen molar-refractivity contribution in [2.45, 2.75) is 26.8 Å². The van der Waals surface area contributed by atoms with Crippen molar-refractivity contribution >= 4 is 22.4 Å². The van der Waals surface area contributed by atoms with Crippen LogP contribution in [0.25, 0.3) is 10.8 Å². The largest absolute Gasteiger partial charge is 0.320 e. The summed E-state index contributed by atoms with van der Waals surface area (Å²) in [5, 5.41) is 5.38. The molecule has 0 saturated carbocycles. The van der Waals surface area contributed by atoms with Crippen molar-refractivity contribution in [2.24, 2.45) is 0 Å². The van der Waals surface area contributed by atoms with Gasteiger partial charge in [0, 0.05) is 17.1 Å². The maximum atomic E-state index is 12.4. The highest BCUT2D eigenvalue weighted by molar-refractivity contribution is 5.91. The van der Waals surface area contributed by atoms with Crippen LogP contribution in [0.4, 0.5) is 5.69 Å². The molecule has 0 fully saturated rings. The fourth-order valence-corrected chi connectivity index (χ4v) is 2.82. The Morgan fingerprint density at radius 1 is 1.04 bits per heavy atom. The van der Waals surface area contributed by atoms with Gasteiger partial charge in [-0.1, -0.05) is 43.3 Å². The number of pyridine rings is 1.